The van der Waals surface area contributed by atoms with Gasteiger partial charge in [0, 0.05) is 62.8 Å². The first kappa shape index (κ1) is 15.3. The van der Waals surface area contributed by atoms with E-state index in [4.69, 9.17) is 0 Å². The van der Waals surface area contributed by atoms with E-state index in [1.807, 2.05) is 18.5 Å². The van der Waals surface area contributed by atoms with Crippen LogP contribution >= 0.6 is 0 Å². The minimum atomic E-state index is 0.679. The van der Waals surface area contributed by atoms with Crippen molar-refractivity contribution in [2.24, 2.45) is 11.8 Å². The van der Waals surface area contributed by atoms with E-state index in [1.165, 1.54) is 43.6 Å². The number of aromatic nitrogens is 3. The van der Waals surface area contributed by atoms with Gasteiger partial charge in [-0.15, -0.1) is 0 Å². The maximum Gasteiger partial charge on any atom is 0.132 e. The zero-order valence-corrected chi connectivity index (χ0v) is 14.6. The number of anilines is 1. The second kappa shape index (κ2) is 6.37. The molecule has 3 fully saturated rings. The molecular formula is C20H25N5. The third-order valence-corrected chi connectivity index (χ3v) is 6.21. The lowest BCUT2D eigenvalue weighted by Gasteiger charge is -2.26. The summed E-state index contributed by atoms with van der Waals surface area (Å²) < 4.78 is 0. The standard InChI is InChI=1S/C20H25N5/c1-4-16(5-1)19-7-20(23-14-22-19)25-12-17-10-24(11-18(17)13-25)9-15-3-2-6-21-8-15/h2-3,6-8,14,16-18H,1,4-5,9-13H2. The molecule has 2 unspecified atom stereocenters. The second-order valence-corrected chi connectivity index (χ2v) is 7.91. The number of rotatable bonds is 4. The highest BCUT2D eigenvalue weighted by Gasteiger charge is 2.40. The number of fused-ring (bicyclic) bond motifs is 1. The molecule has 0 radical (unpaired) electrons. The van der Waals surface area contributed by atoms with Crippen molar-refractivity contribution >= 4 is 5.82 Å². The molecule has 0 bridgehead atoms. The highest BCUT2D eigenvalue weighted by atomic mass is 15.3. The number of likely N-dealkylation sites (tertiary alicyclic amines) is 1. The SMILES string of the molecule is c1cncc(CN2CC3CN(c4cc(C5CCC5)ncn4)CC3C2)c1. The van der Waals surface area contributed by atoms with E-state index in [0.29, 0.717) is 5.92 Å². The van der Waals surface area contributed by atoms with E-state index in [9.17, 15) is 0 Å². The van der Waals surface area contributed by atoms with Crippen LogP contribution in [-0.2, 0) is 6.54 Å². The summed E-state index contributed by atoms with van der Waals surface area (Å²) in [7, 11) is 0. The van der Waals surface area contributed by atoms with Gasteiger partial charge in [-0.25, -0.2) is 9.97 Å². The number of hydrogen-bond acceptors (Lipinski definition) is 5. The summed E-state index contributed by atoms with van der Waals surface area (Å²) in [6.45, 7) is 5.68. The van der Waals surface area contributed by atoms with Crippen LogP contribution in [0.5, 0.6) is 0 Å². The Bertz CT molecular complexity index is 716. The van der Waals surface area contributed by atoms with Crippen molar-refractivity contribution in [3.05, 3.63) is 48.2 Å². The molecule has 130 valence electrons. The van der Waals surface area contributed by atoms with Crippen molar-refractivity contribution in [2.45, 2.75) is 31.7 Å². The largest absolute Gasteiger partial charge is 0.356 e. The molecule has 0 N–H and O–H groups in total. The van der Waals surface area contributed by atoms with Gasteiger partial charge in [-0.05, 0) is 36.3 Å². The third-order valence-electron chi connectivity index (χ3n) is 6.21. The van der Waals surface area contributed by atoms with Crippen molar-refractivity contribution in [2.75, 3.05) is 31.1 Å². The summed E-state index contributed by atoms with van der Waals surface area (Å²) in [4.78, 5) is 18.4. The molecule has 0 amide bonds. The molecule has 0 spiro atoms. The summed E-state index contributed by atoms with van der Waals surface area (Å²) in [6, 6.07) is 6.46. The van der Waals surface area contributed by atoms with Crippen molar-refractivity contribution in [1.29, 1.82) is 0 Å². The topological polar surface area (TPSA) is 45.2 Å². The summed E-state index contributed by atoms with van der Waals surface area (Å²) in [5.74, 6) is 3.35. The molecule has 0 aromatic carbocycles. The van der Waals surface area contributed by atoms with E-state index in [0.717, 1.165) is 37.3 Å². The maximum atomic E-state index is 4.57. The van der Waals surface area contributed by atoms with Gasteiger partial charge < -0.3 is 4.90 Å². The van der Waals surface area contributed by atoms with Gasteiger partial charge in [0.05, 0.1) is 0 Å². The van der Waals surface area contributed by atoms with E-state index in [2.05, 4.69) is 36.9 Å². The molecule has 1 saturated carbocycles. The average molecular weight is 335 g/mol. The highest BCUT2D eigenvalue weighted by Crippen LogP contribution is 2.38. The zero-order valence-electron chi connectivity index (χ0n) is 14.6. The van der Waals surface area contributed by atoms with E-state index >= 15 is 0 Å². The van der Waals surface area contributed by atoms with Gasteiger partial charge in [-0.3, -0.25) is 9.88 Å². The molecule has 2 aliphatic heterocycles. The molecule has 2 aromatic heterocycles. The van der Waals surface area contributed by atoms with Crippen LogP contribution in [0.2, 0.25) is 0 Å². The third kappa shape index (κ3) is 3.01. The Morgan fingerprint density at radius 3 is 2.56 bits per heavy atom. The Labute approximate surface area is 149 Å². The summed E-state index contributed by atoms with van der Waals surface area (Å²) in [5, 5.41) is 0. The Hall–Kier alpha value is -2.01. The van der Waals surface area contributed by atoms with Gasteiger partial charge in [0.1, 0.15) is 12.1 Å². The normalized spacial score (nSPS) is 26.6. The average Bonchev–Trinajstić information content (AvgIpc) is 3.13. The van der Waals surface area contributed by atoms with E-state index in [1.54, 1.807) is 6.33 Å². The van der Waals surface area contributed by atoms with Gasteiger partial charge in [-0.1, -0.05) is 12.5 Å². The first-order valence-corrected chi connectivity index (χ1v) is 9.53. The fourth-order valence-electron chi connectivity index (χ4n) is 4.62. The van der Waals surface area contributed by atoms with Gasteiger partial charge in [0.15, 0.2) is 0 Å². The maximum absolute atomic E-state index is 4.57. The van der Waals surface area contributed by atoms with E-state index < -0.39 is 0 Å². The fourth-order valence-corrected chi connectivity index (χ4v) is 4.62. The quantitative estimate of drug-likeness (QED) is 0.860. The predicted molar refractivity (Wildman–Crippen MR) is 97.3 cm³/mol. The van der Waals surface area contributed by atoms with Crippen molar-refractivity contribution < 1.29 is 0 Å². The van der Waals surface area contributed by atoms with Gasteiger partial charge in [0.25, 0.3) is 0 Å². The molecule has 3 aliphatic rings. The van der Waals surface area contributed by atoms with Crippen LogP contribution in [-0.4, -0.2) is 46.0 Å². The van der Waals surface area contributed by atoms with Gasteiger partial charge in [-0.2, -0.15) is 0 Å². The Morgan fingerprint density at radius 1 is 1.04 bits per heavy atom. The number of hydrogen-bond donors (Lipinski definition) is 0. The monoisotopic (exact) mass is 335 g/mol. The minimum Gasteiger partial charge on any atom is -0.356 e. The van der Waals surface area contributed by atoms with Crippen LogP contribution in [0.4, 0.5) is 5.82 Å². The van der Waals surface area contributed by atoms with Crippen molar-refractivity contribution in [1.82, 2.24) is 19.9 Å². The molecule has 2 atom stereocenters. The molecule has 4 heterocycles. The second-order valence-electron chi connectivity index (χ2n) is 7.91. The molecule has 25 heavy (non-hydrogen) atoms. The molecule has 1 aliphatic carbocycles. The minimum absolute atomic E-state index is 0.679. The van der Waals surface area contributed by atoms with Crippen LogP contribution in [0.25, 0.3) is 0 Å². The van der Waals surface area contributed by atoms with Crippen LogP contribution in [0.3, 0.4) is 0 Å². The summed E-state index contributed by atoms with van der Waals surface area (Å²) in [6.07, 6.45) is 9.55. The molecular weight excluding hydrogens is 310 g/mol. The van der Waals surface area contributed by atoms with Crippen LogP contribution in [0.15, 0.2) is 36.9 Å². The lowest BCUT2D eigenvalue weighted by molar-refractivity contribution is 0.308. The highest BCUT2D eigenvalue weighted by molar-refractivity contribution is 5.42. The first-order valence-electron chi connectivity index (χ1n) is 9.53. The smallest absolute Gasteiger partial charge is 0.132 e. The molecule has 5 heteroatoms. The van der Waals surface area contributed by atoms with Gasteiger partial charge >= 0.3 is 0 Å². The lowest BCUT2D eigenvalue weighted by atomic mass is 9.83. The van der Waals surface area contributed by atoms with Crippen molar-refractivity contribution in [3.8, 4) is 0 Å². The molecule has 5 rings (SSSR count). The van der Waals surface area contributed by atoms with Crippen LogP contribution < -0.4 is 4.90 Å². The Kier molecular flexibility index (Phi) is 3.89. The number of pyridine rings is 1. The summed E-state index contributed by atoms with van der Waals surface area (Å²) >= 11 is 0. The van der Waals surface area contributed by atoms with Crippen molar-refractivity contribution in [3.63, 3.8) is 0 Å². The molecule has 5 nitrogen and oxygen atoms in total. The lowest BCUT2D eigenvalue weighted by Crippen LogP contribution is -2.29. The van der Waals surface area contributed by atoms with Crippen LogP contribution in [0, 0.1) is 11.8 Å². The molecule has 2 aromatic rings. The number of nitrogens with zero attached hydrogens (tertiary/aromatic N) is 5. The fraction of sp³-hybridized carbons (Fsp3) is 0.550. The van der Waals surface area contributed by atoms with Crippen LogP contribution in [0.1, 0.15) is 36.4 Å². The first-order chi connectivity index (χ1) is 12.3. The van der Waals surface area contributed by atoms with E-state index in [-0.39, 0.29) is 0 Å². The predicted octanol–water partition coefficient (Wildman–Crippen LogP) is 2.71. The van der Waals surface area contributed by atoms with Gasteiger partial charge in [0.2, 0.25) is 0 Å². The summed E-state index contributed by atoms with van der Waals surface area (Å²) in [5.41, 5.74) is 2.58. The molecule has 2 saturated heterocycles. The Balaban J connectivity index is 1.22. The zero-order chi connectivity index (χ0) is 16.6. The Morgan fingerprint density at radius 2 is 1.88 bits per heavy atom.